The highest BCUT2D eigenvalue weighted by Gasteiger charge is 2.25. The molecule has 3 rings (SSSR count). The van der Waals surface area contributed by atoms with E-state index in [1.165, 1.54) is 17.3 Å². The largest absolute Gasteiger partial charge is 0.368 e. The summed E-state index contributed by atoms with van der Waals surface area (Å²) in [5.74, 6) is 0.0250. The molecule has 1 aliphatic heterocycles. The van der Waals surface area contributed by atoms with Crippen LogP contribution >= 0.6 is 23.4 Å². The number of piperazine rings is 1. The third-order valence-corrected chi connectivity index (χ3v) is 5.47. The van der Waals surface area contributed by atoms with Crippen molar-refractivity contribution in [1.29, 1.82) is 0 Å². The van der Waals surface area contributed by atoms with E-state index in [1.807, 2.05) is 36.3 Å². The van der Waals surface area contributed by atoms with Crippen molar-refractivity contribution in [3.05, 3.63) is 46.2 Å². The Kier molecular flexibility index (Phi) is 6.04. The average Bonchev–Trinajstić information content (AvgIpc) is 2.69. The predicted octanol–water partition coefficient (Wildman–Crippen LogP) is 3.69. The molecule has 1 aromatic carbocycles. The number of amides is 1. The second-order valence-corrected chi connectivity index (χ2v) is 7.49. The number of hydrogen-bond acceptors (Lipinski definition) is 5. The lowest BCUT2D eigenvalue weighted by Gasteiger charge is -2.37. The van der Waals surface area contributed by atoms with E-state index in [4.69, 9.17) is 11.6 Å². The Morgan fingerprint density at radius 1 is 1.27 bits per heavy atom. The van der Waals surface area contributed by atoms with Crippen LogP contribution in [-0.4, -0.2) is 53.2 Å². The first kappa shape index (κ1) is 19.0. The summed E-state index contributed by atoms with van der Waals surface area (Å²) >= 11 is 7.64. The van der Waals surface area contributed by atoms with Gasteiger partial charge in [-0.3, -0.25) is 4.79 Å². The zero-order chi connectivity index (χ0) is 18.7. The van der Waals surface area contributed by atoms with Gasteiger partial charge in [0, 0.05) is 43.1 Å². The zero-order valence-electron chi connectivity index (χ0n) is 15.3. The lowest BCUT2D eigenvalue weighted by molar-refractivity contribution is 0.0744. The third kappa shape index (κ3) is 3.96. The van der Waals surface area contributed by atoms with E-state index in [9.17, 15) is 4.79 Å². The highest BCUT2D eigenvalue weighted by molar-refractivity contribution is 7.98. The molecular formula is C19H23ClN4OS. The molecule has 26 heavy (non-hydrogen) atoms. The fourth-order valence-corrected chi connectivity index (χ4v) is 3.72. The molecule has 0 radical (unpaired) electrons. The minimum Gasteiger partial charge on any atom is -0.368 e. The van der Waals surface area contributed by atoms with E-state index in [-0.39, 0.29) is 5.91 Å². The van der Waals surface area contributed by atoms with Gasteiger partial charge in [0.2, 0.25) is 0 Å². The molecule has 1 aromatic heterocycles. The maximum absolute atomic E-state index is 12.9. The third-order valence-electron chi connectivity index (χ3n) is 4.67. The van der Waals surface area contributed by atoms with Crippen molar-refractivity contribution in [2.45, 2.75) is 25.4 Å². The SMILES string of the molecule is CCc1nc(SC)ncc1C(=O)N1CCN(c2cc(Cl)ccc2C)CC1. The second-order valence-electron chi connectivity index (χ2n) is 6.28. The smallest absolute Gasteiger partial charge is 0.257 e. The minimum absolute atomic E-state index is 0.0250. The highest BCUT2D eigenvalue weighted by atomic mass is 35.5. The molecule has 138 valence electrons. The van der Waals surface area contributed by atoms with E-state index in [2.05, 4.69) is 21.8 Å². The molecule has 0 saturated carbocycles. The number of thioether (sulfide) groups is 1. The van der Waals surface area contributed by atoms with Gasteiger partial charge >= 0.3 is 0 Å². The molecule has 1 aliphatic rings. The predicted molar refractivity (Wildman–Crippen MR) is 107 cm³/mol. The van der Waals surface area contributed by atoms with Gasteiger partial charge in [0.1, 0.15) is 0 Å². The normalized spacial score (nSPS) is 14.6. The lowest BCUT2D eigenvalue weighted by atomic mass is 10.1. The quantitative estimate of drug-likeness (QED) is 0.588. The van der Waals surface area contributed by atoms with E-state index in [0.29, 0.717) is 23.8 Å². The van der Waals surface area contributed by atoms with Gasteiger partial charge in [0.25, 0.3) is 5.91 Å². The van der Waals surface area contributed by atoms with Gasteiger partial charge in [-0.15, -0.1) is 0 Å². The highest BCUT2D eigenvalue weighted by Crippen LogP contribution is 2.26. The summed E-state index contributed by atoms with van der Waals surface area (Å²) in [5, 5.41) is 1.45. The van der Waals surface area contributed by atoms with E-state index >= 15 is 0 Å². The van der Waals surface area contributed by atoms with Crippen LogP contribution in [-0.2, 0) is 6.42 Å². The Balaban J connectivity index is 1.72. The molecule has 0 N–H and O–H groups in total. The number of aromatic nitrogens is 2. The average molecular weight is 391 g/mol. The van der Waals surface area contributed by atoms with Gasteiger partial charge in [-0.25, -0.2) is 9.97 Å². The molecule has 7 heteroatoms. The molecule has 0 bridgehead atoms. The molecule has 2 heterocycles. The summed E-state index contributed by atoms with van der Waals surface area (Å²) in [4.78, 5) is 25.9. The summed E-state index contributed by atoms with van der Waals surface area (Å²) in [5.41, 5.74) is 3.79. The molecule has 1 saturated heterocycles. The Morgan fingerprint density at radius 2 is 2.00 bits per heavy atom. The Labute approximate surface area is 163 Å². The van der Waals surface area contributed by atoms with Crippen molar-refractivity contribution in [2.75, 3.05) is 37.3 Å². The van der Waals surface area contributed by atoms with Crippen LogP contribution in [0.25, 0.3) is 0 Å². The lowest BCUT2D eigenvalue weighted by Crippen LogP contribution is -2.49. The van der Waals surface area contributed by atoms with Crippen molar-refractivity contribution in [3.8, 4) is 0 Å². The van der Waals surface area contributed by atoms with Crippen LogP contribution in [0.2, 0.25) is 5.02 Å². The van der Waals surface area contributed by atoms with E-state index in [1.54, 1.807) is 6.20 Å². The van der Waals surface area contributed by atoms with E-state index in [0.717, 1.165) is 35.9 Å². The minimum atomic E-state index is 0.0250. The maximum Gasteiger partial charge on any atom is 0.257 e. The van der Waals surface area contributed by atoms with Crippen LogP contribution in [0.3, 0.4) is 0 Å². The van der Waals surface area contributed by atoms with Gasteiger partial charge in [0.05, 0.1) is 11.3 Å². The second kappa shape index (κ2) is 8.27. The summed E-state index contributed by atoms with van der Waals surface area (Å²) in [6.07, 6.45) is 4.33. The molecule has 1 amide bonds. The van der Waals surface area contributed by atoms with Gasteiger partial charge in [0.15, 0.2) is 5.16 Å². The van der Waals surface area contributed by atoms with Crippen LogP contribution < -0.4 is 4.90 Å². The van der Waals surface area contributed by atoms with Crippen molar-refractivity contribution in [1.82, 2.24) is 14.9 Å². The first-order valence-electron chi connectivity index (χ1n) is 8.73. The molecule has 0 atom stereocenters. The van der Waals surface area contributed by atoms with Crippen molar-refractivity contribution < 1.29 is 4.79 Å². The summed E-state index contributed by atoms with van der Waals surface area (Å²) < 4.78 is 0. The number of hydrogen-bond donors (Lipinski definition) is 0. The number of aryl methyl sites for hydroxylation is 2. The van der Waals surface area contributed by atoms with Gasteiger partial charge in [-0.1, -0.05) is 36.4 Å². The number of carbonyl (C=O) groups is 1. The number of halogens is 1. The van der Waals surface area contributed by atoms with Crippen molar-refractivity contribution >= 4 is 35.0 Å². The van der Waals surface area contributed by atoms with E-state index < -0.39 is 0 Å². The Hall–Kier alpha value is -1.79. The number of nitrogens with zero attached hydrogens (tertiary/aromatic N) is 4. The number of benzene rings is 1. The molecule has 0 unspecified atom stereocenters. The summed E-state index contributed by atoms with van der Waals surface area (Å²) in [6.45, 7) is 7.04. The van der Waals surface area contributed by atoms with Crippen LogP contribution in [0.5, 0.6) is 0 Å². The molecular weight excluding hydrogens is 368 g/mol. The topological polar surface area (TPSA) is 49.3 Å². The molecule has 0 aliphatic carbocycles. The van der Waals surface area contributed by atoms with Crippen LogP contribution in [0.4, 0.5) is 5.69 Å². The van der Waals surface area contributed by atoms with Gasteiger partial charge < -0.3 is 9.80 Å². The van der Waals surface area contributed by atoms with Crippen molar-refractivity contribution in [3.63, 3.8) is 0 Å². The molecule has 5 nitrogen and oxygen atoms in total. The Morgan fingerprint density at radius 3 is 2.65 bits per heavy atom. The van der Waals surface area contributed by atoms with Gasteiger partial charge in [-0.2, -0.15) is 0 Å². The fraction of sp³-hybridized carbons (Fsp3) is 0.421. The summed E-state index contributed by atoms with van der Waals surface area (Å²) in [7, 11) is 0. The van der Waals surface area contributed by atoms with Gasteiger partial charge in [-0.05, 0) is 37.3 Å². The molecule has 2 aromatic rings. The molecule has 0 spiro atoms. The number of carbonyl (C=O) groups excluding carboxylic acids is 1. The van der Waals surface area contributed by atoms with Crippen LogP contribution in [0.15, 0.2) is 29.6 Å². The van der Waals surface area contributed by atoms with Crippen molar-refractivity contribution in [2.24, 2.45) is 0 Å². The maximum atomic E-state index is 12.9. The molecule has 1 fully saturated rings. The fourth-order valence-electron chi connectivity index (χ4n) is 3.19. The monoisotopic (exact) mass is 390 g/mol. The standard InChI is InChI=1S/C19H23ClN4OS/c1-4-16-15(12-21-19(22-16)26-3)18(25)24-9-7-23(8-10-24)17-11-14(20)6-5-13(17)2/h5-6,11-12H,4,7-10H2,1-3H3. The summed E-state index contributed by atoms with van der Waals surface area (Å²) in [6, 6.07) is 5.94. The number of anilines is 1. The zero-order valence-corrected chi connectivity index (χ0v) is 16.9. The van der Waals surface area contributed by atoms with Crippen LogP contribution in [0, 0.1) is 6.92 Å². The number of rotatable bonds is 4. The first-order valence-corrected chi connectivity index (χ1v) is 10.3. The Bertz CT molecular complexity index is 806. The first-order chi connectivity index (χ1) is 12.5. The van der Waals surface area contributed by atoms with Crippen LogP contribution in [0.1, 0.15) is 28.5 Å².